The minimum Gasteiger partial charge on any atom is -0.475 e. The van der Waals surface area contributed by atoms with Crippen molar-refractivity contribution in [3.63, 3.8) is 0 Å². The number of nitrogens with one attached hydrogen (secondary N) is 1. The Morgan fingerprint density at radius 3 is 2.77 bits per heavy atom. The largest absolute Gasteiger partial charge is 0.475 e. The van der Waals surface area contributed by atoms with Gasteiger partial charge in [0.25, 0.3) is 0 Å². The SMILES string of the molecule is COc1nn(CC(=O)Nc2cccc(C)c2C)cc1[N+](=O)[O-]. The number of carbonyl (C=O) groups is 1. The number of rotatable bonds is 5. The van der Waals surface area contributed by atoms with Crippen LogP contribution in [0.5, 0.6) is 5.88 Å². The molecule has 116 valence electrons. The molecule has 8 nitrogen and oxygen atoms in total. The number of amides is 1. The van der Waals surface area contributed by atoms with Crippen LogP contribution in [0.2, 0.25) is 0 Å². The molecule has 1 amide bonds. The first kappa shape index (κ1) is 15.5. The fourth-order valence-corrected chi connectivity index (χ4v) is 1.97. The molecule has 0 aliphatic heterocycles. The van der Waals surface area contributed by atoms with Gasteiger partial charge < -0.3 is 10.1 Å². The van der Waals surface area contributed by atoms with Crippen LogP contribution in [0, 0.1) is 24.0 Å². The van der Waals surface area contributed by atoms with Gasteiger partial charge in [-0.05, 0) is 31.0 Å². The molecule has 0 bridgehead atoms. The highest BCUT2D eigenvalue weighted by Crippen LogP contribution is 2.24. The maximum atomic E-state index is 12.0. The Labute approximate surface area is 126 Å². The summed E-state index contributed by atoms with van der Waals surface area (Å²) < 4.78 is 5.99. The Morgan fingerprint density at radius 1 is 1.45 bits per heavy atom. The zero-order chi connectivity index (χ0) is 16.3. The number of hydrogen-bond donors (Lipinski definition) is 1. The summed E-state index contributed by atoms with van der Waals surface area (Å²) in [4.78, 5) is 22.3. The summed E-state index contributed by atoms with van der Waals surface area (Å²) >= 11 is 0. The molecule has 1 N–H and O–H groups in total. The Kier molecular flexibility index (Phi) is 4.40. The van der Waals surface area contributed by atoms with Crippen molar-refractivity contribution in [1.82, 2.24) is 9.78 Å². The molecule has 1 aromatic heterocycles. The Hall–Kier alpha value is -2.90. The van der Waals surface area contributed by atoms with Crippen LogP contribution in [0.4, 0.5) is 11.4 Å². The van der Waals surface area contributed by atoms with Gasteiger partial charge in [-0.15, -0.1) is 5.10 Å². The van der Waals surface area contributed by atoms with Crippen molar-refractivity contribution < 1.29 is 14.5 Å². The molecule has 22 heavy (non-hydrogen) atoms. The predicted molar refractivity (Wildman–Crippen MR) is 80.0 cm³/mol. The van der Waals surface area contributed by atoms with Crippen molar-refractivity contribution in [3.05, 3.63) is 45.6 Å². The van der Waals surface area contributed by atoms with E-state index in [4.69, 9.17) is 4.74 Å². The van der Waals surface area contributed by atoms with Crippen LogP contribution < -0.4 is 10.1 Å². The summed E-state index contributed by atoms with van der Waals surface area (Å²) in [6.45, 7) is 3.72. The van der Waals surface area contributed by atoms with E-state index in [1.807, 2.05) is 26.0 Å². The molecule has 0 saturated carbocycles. The molecule has 0 spiro atoms. The molecule has 0 fully saturated rings. The number of aromatic nitrogens is 2. The third-order valence-corrected chi connectivity index (χ3v) is 3.28. The van der Waals surface area contributed by atoms with Gasteiger partial charge in [0.15, 0.2) is 0 Å². The van der Waals surface area contributed by atoms with E-state index in [2.05, 4.69) is 10.4 Å². The lowest BCUT2D eigenvalue weighted by atomic mass is 10.1. The van der Waals surface area contributed by atoms with Crippen LogP contribution in [0.1, 0.15) is 11.1 Å². The minimum absolute atomic E-state index is 0.121. The summed E-state index contributed by atoms with van der Waals surface area (Å²) in [5, 5.41) is 17.5. The van der Waals surface area contributed by atoms with Crippen molar-refractivity contribution in [2.45, 2.75) is 20.4 Å². The lowest BCUT2D eigenvalue weighted by molar-refractivity contribution is -0.385. The molecule has 0 saturated heterocycles. The van der Waals surface area contributed by atoms with E-state index in [1.165, 1.54) is 18.0 Å². The van der Waals surface area contributed by atoms with Gasteiger partial charge in [0.1, 0.15) is 12.7 Å². The van der Waals surface area contributed by atoms with Crippen molar-refractivity contribution in [2.75, 3.05) is 12.4 Å². The van der Waals surface area contributed by atoms with E-state index in [0.29, 0.717) is 5.69 Å². The lowest BCUT2D eigenvalue weighted by Crippen LogP contribution is -2.19. The number of anilines is 1. The fraction of sp³-hybridized carbons (Fsp3) is 0.286. The van der Waals surface area contributed by atoms with Gasteiger partial charge in [-0.25, -0.2) is 0 Å². The lowest BCUT2D eigenvalue weighted by Gasteiger charge is -2.10. The molecule has 2 rings (SSSR count). The topological polar surface area (TPSA) is 99.3 Å². The van der Waals surface area contributed by atoms with Crippen molar-refractivity contribution in [1.29, 1.82) is 0 Å². The number of nitrogens with zero attached hydrogens (tertiary/aromatic N) is 3. The van der Waals surface area contributed by atoms with Crippen molar-refractivity contribution >= 4 is 17.3 Å². The van der Waals surface area contributed by atoms with Gasteiger partial charge in [-0.3, -0.25) is 19.6 Å². The first-order chi connectivity index (χ1) is 10.4. The summed E-state index contributed by atoms with van der Waals surface area (Å²) in [5.74, 6) is -0.446. The maximum absolute atomic E-state index is 12.0. The zero-order valence-electron chi connectivity index (χ0n) is 12.5. The van der Waals surface area contributed by atoms with Gasteiger partial charge >= 0.3 is 11.6 Å². The van der Waals surface area contributed by atoms with Crippen LogP contribution >= 0.6 is 0 Å². The Bertz CT molecular complexity index is 724. The molecule has 1 heterocycles. The van der Waals surface area contributed by atoms with E-state index in [0.717, 1.165) is 11.1 Å². The molecule has 2 aromatic rings. The highest BCUT2D eigenvalue weighted by Gasteiger charge is 2.21. The number of benzene rings is 1. The predicted octanol–water partition coefficient (Wildman–Crippen LogP) is 2.06. The second kappa shape index (κ2) is 6.25. The summed E-state index contributed by atoms with van der Waals surface area (Å²) in [6.07, 6.45) is 1.17. The molecule has 0 atom stereocenters. The second-order valence-electron chi connectivity index (χ2n) is 4.77. The first-order valence-corrected chi connectivity index (χ1v) is 6.54. The van der Waals surface area contributed by atoms with Gasteiger partial charge in [0.05, 0.1) is 12.0 Å². The minimum atomic E-state index is -0.606. The first-order valence-electron chi connectivity index (χ1n) is 6.54. The van der Waals surface area contributed by atoms with E-state index in [-0.39, 0.29) is 24.0 Å². The summed E-state index contributed by atoms with van der Waals surface area (Å²) in [5.41, 5.74) is 2.47. The van der Waals surface area contributed by atoms with Crippen LogP contribution in [0.25, 0.3) is 0 Å². The van der Waals surface area contributed by atoms with Crippen molar-refractivity contribution in [3.8, 4) is 5.88 Å². The molecule has 8 heteroatoms. The highest BCUT2D eigenvalue weighted by atomic mass is 16.6. The average molecular weight is 304 g/mol. The third-order valence-electron chi connectivity index (χ3n) is 3.28. The number of nitro groups is 1. The van der Waals surface area contributed by atoms with E-state index in [9.17, 15) is 14.9 Å². The number of aryl methyl sites for hydroxylation is 1. The Morgan fingerprint density at radius 2 is 2.18 bits per heavy atom. The second-order valence-corrected chi connectivity index (χ2v) is 4.77. The van der Waals surface area contributed by atoms with Gasteiger partial charge in [-0.1, -0.05) is 12.1 Å². The van der Waals surface area contributed by atoms with Crippen LogP contribution in [0.3, 0.4) is 0 Å². The molecular weight excluding hydrogens is 288 g/mol. The van der Waals surface area contributed by atoms with Crippen LogP contribution in [-0.4, -0.2) is 27.7 Å². The van der Waals surface area contributed by atoms with Gasteiger partial charge in [-0.2, -0.15) is 0 Å². The standard InChI is InChI=1S/C14H16N4O4/c1-9-5-4-6-11(10(9)2)15-13(19)8-17-7-12(18(20)21)14(16-17)22-3/h4-7H,8H2,1-3H3,(H,15,19). The molecule has 0 unspecified atom stereocenters. The van der Waals surface area contributed by atoms with Crippen LogP contribution in [0.15, 0.2) is 24.4 Å². The summed E-state index contributed by atoms with van der Waals surface area (Å²) in [7, 11) is 1.29. The average Bonchev–Trinajstić information content (AvgIpc) is 2.87. The number of ether oxygens (including phenoxy) is 1. The molecule has 0 aliphatic rings. The summed E-state index contributed by atoms with van der Waals surface area (Å²) in [6, 6.07) is 5.60. The zero-order valence-corrected chi connectivity index (χ0v) is 12.5. The number of hydrogen-bond acceptors (Lipinski definition) is 5. The van der Waals surface area contributed by atoms with E-state index in [1.54, 1.807) is 6.07 Å². The normalized spacial score (nSPS) is 10.3. The van der Waals surface area contributed by atoms with Crippen LogP contribution in [-0.2, 0) is 11.3 Å². The Balaban J connectivity index is 2.12. The molecule has 0 aliphatic carbocycles. The fourth-order valence-electron chi connectivity index (χ4n) is 1.97. The smallest absolute Gasteiger partial charge is 0.350 e. The van der Waals surface area contributed by atoms with E-state index >= 15 is 0 Å². The molecular formula is C14H16N4O4. The monoisotopic (exact) mass is 304 g/mol. The number of carbonyl (C=O) groups excluding carboxylic acids is 1. The van der Waals surface area contributed by atoms with Crippen molar-refractivity contribution in [2.24, 2.45) is 0 Å². The highest BCUT2D eigenvalue weighted by molar-refractivity contribution is 5.91. The van der Waals surface area contributed by atoms with E-state index < -0.39 is 4.92 Å². The number of methoxy groups -OCH3 is 1. The molecule has 0 radical (unpaired) electrons. The molecule has 1 aromatic carbocycles. The van der Waals surface area contributed by atoms with Gasteiger partial charge in [0.2, 0.25) is 5.91 Å². The maximum Gasteiger partial charge on any atom is 0.350 e. The quantitative estimate of drug-likeness (QED) is 0.673. The third kappa shape index (κ3) is 3.22. The van der Waals surface area contributed by atoms with Gasteiger partial charge in [0, 0.05) is 5.69 Å².